The van der Waals surface area contributed by atoms with Crippen molar-refractivity contribution in [3.63, 3.8) is 0 Å². The molecular formula is C19H15FN2O4. The molecule has 0 spiro atoms. The van der Waals surface area contributed by atoms with Gasteiger partial charge in [-0.05, 0) is 42.8 Å². The zero-order valence-corrected chi connectivity index (χ0v) is 14.1. The monoisotopic (exact) mass is 354 g/mol. The lowest BCUT2D eigenvalue weighted by molar-refractivity contribution is -0.116. The van der Waals surface area contributed by atoms with Crippen LogP contribution in [0.3, 0.4) is 0 Å². The highest BCUT2D eigenvalue weighted by atomic mass is 19.1. The molecule has 0 radical (unpaired) electrons. The molecule has 1 unspecified atom stereocenters. The predicted molar refractivity (Wildman–Crippen MR) is 91.4 cm³/mol. The summed E-state index contributed by atoms with van der Waals surface area (Å²) in [5, 5.41) is 2.74. The summed E-state index contributed by atoms with van der Waals surface area (Å²) in [7, 11) is 1.27. The Labute approximate surface area is 148 Å². The number of fused-ring (bicyclic) bond motifs is 1. The van der Waals surface area contributed by atoms with Crippen LogP contribution in [0.25, 0.3) is 11.5 Å². The van der Waals surface area contributed by atoms with E-state index in [1.165, 1.54) is 31.6 Å². The number of nitrogens with one attached hydrogen (secondary N) is 2. The fourth-order valence-electron chi connectivity index (χ4n) is 3.43. The van der Waals surface area contributed by atoms with Gasteiger partial charge in [-0.15, -0.1) is 0 Å². The first-order chi connectivity index (χ1) is 12.5. The van der Waals surface area contributed by atoms with Gasteiger partial charge in [0.1, 0.15) is 11.6 Å². The number of methoxy groups -OCH3 is 1. The first-order valence-electron chi connectivity index (χ1n) is 7.96. The number of H-pyrrole nitrogens is 1. The summed E-state index contributed by atoms with van der Waals surface area (Å²) in [6.45, 7) is 1.71. The Kier molecular flexibility index (Phi) is 3.64. The highest BCUT2D eigenvalue weighted by Crippen LogP contribution is 2.44. The maximum absolute atomic E-state index is 13.8. The van der Waals surface area contributed by atoms with Crippen LogP contribution < -0.4 is 5.32 Å². The number of benzene rings is 1. The lowest BCUT2D eigenvalue weighted by Crippen LogP contribution is -2.17. The molecule has 0 fully saturated rings. The summed E-state index contributed by atoms with van der Waals surface area (Å²) >= 11 is 0. The van der Waals surface area contributed by atoms with Crippen molar-refractivity contribution in [1.29, 1.82) is 0 Å². The first kappa shape index (κ1) is 16.1. The van der Waals surface area contributed by atoms with E-state index in [1.54, 1.807) is 19.1 Å². The van der Waals surface area contributed by atoms with Crippen molar-refractivity contribution in [2.75, 3.05) is 12.4 Å². The van der Waals surface area contributed by atoms with Crippen molar-refractivity contribution in [1.82, 2.24) is 4.98 Å². The Hall–Kier alpha value is -3.35. The predicted octanol–water partition coefficient (Wildman–Crippen LogP) is 3.59. The van der Waals surface area contributed by atoms with Gasteiger partial charge < -0.3 is 19.5 Å². The number of rotatable bonds is 3. The maximum Gasteiger partial charge on any atom is 0.340 e. The number of aromatic amines is 1. The standard InChI is InChI=1S/C19H15FN2O4/c1-9-14(19(24)25-2)16(17(21-9)13-4-3-7-26-13)15-11-8-10(20)5-6-12(11)22-18(15)23/h3-8,15,21H,1-2H3,(H,22,23). The van der Waals surface area contributed by atoms with Crippen molar-refractivity contribution in [2.24, 2.45) is 0 Å². The van der Waals surface area contributed by atoms with Crippen LogP contribution in [0.2, 0.25) is 0 Å². The highest BCUT2D eigenvalue weighted by molar-refractivity contribution is 6.08. The average Bonchev–Trinajstić information content (AvgIpc) is 3.31. The molecule has 2 aromatic heterocycles. The Morgan fingerprint density at radius 3 is 2.81 bits per heavy atom. The number of amides is 1. The molecule has 1 aliphatic rings. The quantitative estimate of drug-likeness (QED) is 0.704. The molecule has 1 amide bonds. The van der Waals surface area contributed by atoms with Crippen LogP contribution in [0.5, 0.6) is 0 Å². The molecular weight excluding hydrogens is 339 g/mol. The van der Waals surface area contributed by atoms with E-state index in [2.05, 4.69) is 10.3 Å². The van der Waals surface area contributed by atoms with E-state index in [0.29, 0.717) is 34.0 Å². The van der Waals surface area contributed by atoms with Crippen molar-refractivity contribution in [3.8, 4) is 11.5 Å². The number of hydrogen-bond donors (Lipinski definition) is 2. The fourth-order valence-corrected chi connectivity index (χ4v) is 3.43. The third-order valence-corrected chi connectivity index (χ3v) is 4.52. The minimum Gasteiger partial charge on any atom is -0.465 e. The van der Waals surface area contributed by atoms with Gasteiger partial charge in [-0.3, -0.25) is 4.79 Å². The van der Waals surface area contributed by atoms with Crippen LogP contribution in [0.4, 0.5) is 10.1 Å². The van der Waals surface area contributed by atoms with Gasteiger partial charge in [-0.2, -0.15) is 0 Å². The van der Waals surface area contributed by atoms with Crippen LogP contribution in [0.1, 0.15) is 33.1 Å². The second-order valence-corrected chi connectivity index (χ2v) is 6.04. The van der Waals surface area contributed by atoms with Gasteiger partial charge >= 0.3 is 5.97 Å². The molecule has 6 nitrogen and oxygen atoms in total. The van der Waals surface area contributed by atoms with E-state index in [9.17, 15) is 14.0 Å². The van der Waals surface area contributed by atoms with Crippen molar-refractivity contribution < 1.29 is 23.1 Å². The van der Waals surface area contributed by atoms with Crippen LogP contribution in [0, 0.1) is 12.7 Å². The molecule has 0 saturated carbocycles. The molecule has 1 aromatic carbocycles. The Morgan fingerprint density at radius 2 is 2.12 bits per heavy atom. The van der Waals surface area contributed by atoms with E-state index in [1.807, 2.05) is 0 Å². The SMILES string of the molecule is COC(=O)c1c(C)[nH]c(-c2ccco2)c1C1C(=O)Nc2ccc(F)cc21. The van der Waals surface area contributed by atoms with Gasteiger partial charge in [0.25, 0.3) is 0 Å². The van der Waals surface area contributed by atoms with Gasteiger partial charge in [0, 0.05) is 16.9 Å². The van der Waals surface area contributed by atoms with Crippen LogP contribution in [-0.2, 0) is 9.53 Å². The van der Waals surface area contributed by atoms with E-state index >= 15 is 0 Å². The fraction of sp³-hybridized carbons (Fsp3) is 0.158. The second-order valence-electron chi connectivity index (χ2n) is 6.04. The zero-order chi connectivity index (χ0) is 18.4. The second kappa shape index (κ2) is 5.87. The number of ether oxygens (including phenoxy) is 1. The van der Waals surface area contributed by atoms with Crippen LogP contribution in [0.15, 0.2) is 41.0 Å². The Bertz CT molecular complexity index is 1020. The minimum atomic E-state index is -0.861. The molecule has 3 heterocycles. The van der Waals surface area contributed by atoms with Gasteiger partial charge in [-0.25, -0.2) is 9.18 Å². The molecule has 7 heteroatoms. The third kappa shape index (κ3) is 2.32. The molecule has 3 aromatic rings. The van der Waals surface area contributed by atoms with Crippen molar-refractivity contribution >= 4 is 17.6 Å². The molecule has 26 heavy (non-hydrogen) atoms. The van der Waals surface area contributed by atoms with E-state index in [4.69, 9.17) is 9.15 Å². The van der Waals surface area contributed by atoms with Gasteiger partial charge in [-0.1, -0.05) is 0 Å². The number of aryl methyl sites for hydroxylation is 1. The summed E-state index contributed by atoms with van der Waals surface area (Å²) in [6.07, 6.45) is 1.50. The number of anilines is 1. The molecule has 4 rings (SSSR count). The Balaban J connectivity index is 2.01. The number of furan rings is 1. The largest absolute Gasteiger partial charge is 0.465 e. The van der Waals surface area contributed by atoms with Crippen molar-refractivity contribution in [2.45, 2.75) is 12.8 Å². The number of esters is 1. The van der Waals surface area contributed by atoms with Crippen molar-refractivity contribution in [3.05, 3.63) is 64.8 Å². The Morgan fingerprint density at radius 1 is 1.31 bits per heavy atom. The zero-order valence-electron chi connectivity index (χ0n) is 14.1. The van der Waals surface area contributed by atoms with Gasteiger partial charge in [0.15, 0.2) is 0 Å². The molecule has 1 atom stereocenters. The molecule has 2 N–H and O–H groups in total. The number of hydrogen-bond acceptors (Lipinski definition) is 4. The molecule has 0 saturated heterocycles. The van der Waals surface area contributed by atoms with Crippen LogP contribution >= 0.6 is 0 Å². The smallest absolute Gasteiger partial charge is 0.340 e. The summed E-state index contributed by atoms with van der Waals surface area (Å²) in [5.74, 6) is -1.78. The molecule has 0 bridgehead atoms. The van der Waals surface area contributed by atoms with Gasteiger partial charge in [0.2, 0.25) is 5.91 Å². The average molecular weight is 354 g/mol. The summed E-state index contributed by atoms with van der Waals surface area (Å²) in [4.78, 5) is 28.2. The number of aromatic nitrogens is 1. The van der Waals surface area contributed by atoms with Crippen LogP contribution in [-0.4, -0.2) is 24.0 Å². The summed E-state index contributed by atoms with van der Waals surface area (Å²) < 4.78 is 24.2. The first-order valence-corrected chi connectivity index (χ1v) is 7.96. The molecule has 132 valence electrons. The molecule has 1 aliphatic heterocycles. The topological polar surface area (TPSA) is 84.3 Å². The normalized spacial score (nSPS) is 15.7. The van der Waals surface area contributed by atoms with Gasteiger partial charge in [0.05, 0.1) is 30.5 Å². The highest BCUT2D eigenvalue weighted by Gasteiger charge is 2.39. The lowest BCUT2D eigenvalue weighted by atomic mass is 9.88. The summed E-state index contributed by atoms with van der Waals surface area (Å²) in [5.41, 5.74) is 2.66. The minimum absolute atomic E-state index is 0.246. The van der Waals surface area contributed by atoms with E-state index in [-0.39, 0.29) is 11.5 Å². The number of carbonyl (C=O) groups excluding carboxylic acids is 2. The maximum atomic E-state index is 13.8. The lowest BCUT2D eigenvalue weighted by Gasteiger charge is -2.12. The molecule has 0 aliphatic carbocycles. The third-order valence-electron chi connectivity index (χ3n) is 4.52. The number of halogens is 1. The van der Waals surface area contributed by atoms with E-state index in [0.717, 1.165) is 0 Å². The van der Waals surface area contributed by atoms with E-state index < -0.39 is 17.7 Å². The number of carbonyl (C=O) groups is 2. The summed E-state index contributed by atoms with van der Waals surface area (Å²) in [6, 6.07) is 7.50.